The molecule has 152 valence electrons. The zero-order valence-electron chi connectivity index (χ0n) is 16.5. The Bertz CT molecular complexity index is 886. The molecule has 2 aromatic rings. The van der Waals surface area contributed by atoms with Crippen LogP contribution in [0, 0.1) is 5.92 Å². The first-order chi connectivity index (χ1) is 14.1. The van der Waals surface area contributed by atoms with Crippen molar-refractivity contribution in [1.82, 2.24) is 4.90 Å². The molecule has 0 spiro atoms. The third kappa shape index (κ3) is 5.68. The molecule has 6 nitrogen and oxygen atoms in total. The number of nitrogens with one attached hydrogen (secondary N) is 1. The molecule has 0 saturated carbocycles. The van der Waals surface area contributed by atoms with Crippen LogP contribution in [0.2, 0.25) is 0 Å². The Labute approximate surface area is 170 Å². The Kier molecular flexibility index (Phi) is 7.03. The molecule has 0 aromatic heterocycles. The first-order valence-electron chi connectivity index (χ1n) is 9.72. The van der Waals surface area contributed by atoms with E-state index >= 15 is 0 Å². The lowest BCUT2D eigenvalue weighted by Gasteiger charge is -2.31. The molecule has 0 unspecified atom stereocenters. The van der Waals surface area contributed by atoms with E-state index < -0.39 is 0 Å². The van der Waals surface area contributed by atoms with Crippen molar-refractivity contribution in [1.29, 1.82) is 0 Å². The van der Waals surface area contributed by atoms with Crippen LogP contribution >= 0.6 is 0 Å². The number of hydrogen-bond donors (Lipinski definition) is 2. The molecule has 6 heteroatoms. The lowest BCUT2D eigenvalue weighted by Crippen LogP contribution is -2.39. The summed E-state index contributed by atoms with van der Waals surface area (Å²) in [4.78, 5) is 26.8. The molecule has 0 aliphatic carbocycles. The molecular weight excluding hydrogens is 368 g/mol. The number of nitrogens with zero attached hydrogens (tertiary/aromatic N) is 1. The normalized spacial score (nSPS) is 14.8. The molecular formula is C23H26N2O4. The van der Waals surface area contributed by atoms with Crippen LogP contribution in [0.15, 0.2) is 54.6 Å². The fourth-order valence-corrected chi connectivity index (χ4v) is 3.33. The number of amides is 2. The number of anilines is 1. The van der Waals surface area contributed by atoms with E-state index in [0.717, 1.165) is 24.2 Å². The number of carbonyl (C=O) groups excluding carboxylic acids is 2. The third-order valence-electron chi connectivity index (χ3n) is 5.06. The highest BCUT2D eigenvalue weighted by Gasteiger charge is 2.23. The fourth-order valence-electron chi connectivity index (χ4n) is 3.33. The Hall–Kier alpha value is -3.12. The lowest BCUT2D eigenvalue weighted by atomic mass is 9.97. The van der Waals surface area contributed by atoms with Crippen molar-refractivity contribution in [2.24, 2.45) is 5.92 Å². The van der Waals surface area contributed by atoms with Gasteiger partial charge >= 0.3 is 0 Å². The maximum atomic E-state index is 12.7. The summed E-state index contributed by atoms with van der Waals surface area (Å²) in [6, 6.07) is 14.4. The molecule has 1 saturated heterocycles. The number of rotatable bonds is 6. The van der Waals surface area contributed by atoms with Crippen LogP contribution in [-0.2, 0) is 4.79 Å². The third-order valence-corrected chi connectivity index (χ3v) is 5.06. The molecule has 1 aliphatic rings. The standard InChI is InChI=1S/C23H26N2O4/c1-29-21-7-2-4-17(14-21)8-9-22(27)24-20-6-3-5-19(15-20)23(28)25-12-10-18(16-26)11-13-25/h2-9,14-15,18,26H,10-13,16H2,1H3,(H,24,27)/b9-8-. The summed E-state index contributed by atoms with van der Waals surface area (Å²) in [5, 5.41) is 12.0. The second-order valence-electron chi connectivity index (χ2n) is 7.10. The quantitative estimate of drug-likeness (QED) is 0.738. The van der Waals surface area contributed by atoms with Gasteiger partial charge in [0.2, 0.25) is 5.91 Å². The summed E-state index contributed by atoms with van der Waals surface area (Å²) in [7, 11) is 1.60. The second kappa shape index (κ2) is 9.89. The minimum Gasteiger partial charge on any atom is -0.497 e. The van der Waals surface area contributed by atoms with Gasteiger partial charge in [0.1, 0.15) is 5.75 Å². The van der Waals surface area contributed by atoms with E-state index in [1.807, 2.05) is 24.3 Å². The number of ether oxygens (including phenoxy) is 1. The van der Waals surface area contributed by atoms with E-state index in [-0.39, 0.29) is 24.3 Å². The van der Waals surface area contributed by atoms with Gasteiger partial charge in [0, 0.05) is 37.0 Å². The maximum Gasteiger partial charge on any atom is 0.253 e. The average Bonchev–Trinajstić information content (AvgIpc) is 2.77. The fraction of sp³-hybridized carbons (Fsp3) is 0.304. The molecule has 2 aromatic carbocycles. The Morgan fingerprint density at radius 2 is 1.93 bits per heavy atom. The lowest BCUT2D eigenvalue weighted by molar-refractivity contribution is -0.111. The van der Waals surface area contributed by atoms with Crippen LogP contribution in [0.1, 0.15) is 28.8 Å². The largest absolute Gasteiger partial charge is 0.497 e. The van der Waals surface area contributed by atoms with E-state index in [4.69, 9.17) is 4.74 Å². The smallest absolute Gasteiger partial charge is 0.253 e. The Morgan fingerprint density at radius 3 is 2.66 bits per heavy atom. The van der Waals surface area contributed by atoms with Crippen molar-refractivity contribution >= 4 is 23.6 Å². The predicted octanol–water partition coefficient (Wildman–Crippen LogP) is 3.19. The van der Waals surface area contributed by atoms with Crippen molar-refractivity contribution in [3.05, 3.63) is 65.7 Å². The minimum absolute atomic E-state index is 0.0515. The van der Waals surface area contributed by atoms with Crippen molar-refractivity contribution in [2.45, 2.75) is 12.8 Å². The molecule has 29 heavy (non-hydrogen) atoms. The van der Waals surface area contributed by atoms with Crippen molar-refractivity contribution < 1.29 is 19.4 Å². The average molecular weight is 394 g/mol. The number of aliphatic hydroxyl groups is 1. The number of methoxy groups -OCH3 is 1. The summed E-state index contributed by atoms with van der Waals surface area (Å²) < 4.78 is 5.17. The first-order valence-corrected chi connectivity index (χ1v) is 9.72. The highest BCUT2D eigenvalue weighted by atomic mass is 16.5. The molecule has 0 radical (unpaired) electrons. The minimum atomic E-state index is -0.277. The van der Waals surface area contributed by atoms with E-state index in [0.29, 0.717) is 24.3 Å². The van der Waals surface area contributed by atoms with Crippen LogP contribution in [-0.4, -0.2) is 48.6 Å². The molecule has 1 fully saturated rings. The maximum absolute atomic E-state index is 12.7. The molecule has 1 aliphatic heterocycles. The molecule has 0 bridgehead atoms. The SMILES string of the molecule is COc1cccc(/C=C\C(=O)Nc2cccc(C(=O)N3CCC(CO)CC3)c2)c1. The molecule has 0 atom stereocenters. The summed E-state index contributed by atoms with van der Waals surface area (Å²) in [5.41, 5.74) is 1.97. The van der Waals surface area contributed by atoms with Crippen molar-refractivity contribution in [2.75, 3.05) is 32.1 Å². The number of benzene rings is 2. The van der Waals surface area contributed by atoms with Crippen molar-refractivity contribution in [3.63, 3.8) is 0 Å². The molecule has 2 amide bonds. The first kappa shape index (κ1) is 20.6. The summed E-state index contributed by atoms with van der Waals surface area (Å²) in [5.74, 6) is 0.674. The molecule has 3 rings (SSSR count). The number of carbonyl (C=O) groups is 2. The van der Waals surface area contributed by atoms with Gasteiger partial charge in [-0.05, 0) is 60.7 Å². The van der Waals surface area contributed by atoms with Gasteiger partial charge in [0.25, 0.3) is 5.91 Å². The number of aliphatic hydroxyl groups excluding tert-OH is 1. The van der Waals surface area contributed by atoms with E-state index in [9.17, 15) is 14.7 Å². The van der Waals surface area contributed by atoms with Gasteiger partial charge in [-0.2, -0.15) is 0 Å². The van der Waals surface area contributed by atoms with Gasteiger partial charge in [-0.1, -0.05) is 18.2 Å². The summed E-state index contributed by atoms with van der Waals surface area (Å²) in [6.07, 6.45) is 4.78. The second-order valence-corrected chi connectivity index (χ2v) is 7.10. The van der Waals surface area contributed by atoms with E-state index in [1.165, 1.54) is 6.08 Å². The van der Waals surface area contributed by atoms with Gasteiger partial charge in [0.15, 0.2) is 0 Å². The van der Waals surface area contributed by atoms with Gasteiger partial charge in [-0.3, -0.25) is 9.59 Å². The molecule has 2 N–H and O–H groups in total. The highest BCUT2D eigenvalue weighted by Crippen LogP contribution is 2.20. The Balaban J connectivity index is 1.61. The zero-order chi connectivity index (χ0) is 20.6. The highest BCUT2D eigenvalue weighted by molar-refractivity contribution is 6.03. The van der Waals surface area contributed by atoms with Crippen molar-refractivity contribution in [3.8, 4) is 5.75 Å². The number of likely N-dealkylation sites (tertiary alicyclic amines) is 1. The van der Waals surface area contributed by atoms with Gasteiger partial charge in [-0.25, -0.2) is 0 Å². The predicted molar refractivity (Wildman–Crippen MR) is 113 cm³/mol. The summed E-state index contributed by atoms with van der Waals surface area (Å²) in [6.45, 7) is 1.46. The number of hydrogen-bond acceptors (Lipinski definition) is 4. The van der Waals surface area contributed by atoms with Crippen LogP contribution in [0.4, 0.5) is 5.69 Å². The summed E-state index contributed by atoms with van der Waals surface area (Å²) >= 11 is 0. The van der Waals surface area contributed by atoms with Crippen LogP contribution in [0.3, 0.4) is 0 Å². The van der Waals surface area contributed by atoms with Crippen LogP contribution in [0.25, 0.3) is 6.08 Å². The zero-order valence-corrected chi connectivity index (χ0v) is 16.5. The van der Waals surface area contributed by atoms with Gasteiger partial charge < -0.3 is 20.1 Å². The van der Waals surface area contributed by atoms with Crippen LogP contribution in [0.5, 0.6) is 5.75 Å². The van der Waals surface area contributed by atoms with E-state index in [2.05, 4.69) is 5.32 Å². The van der Waals surface area contributed by atoms with Crippen LogP contribution < -0.4 is 10.1 Å². The van der Waals surface area contributed by atoms with E-state index in [1.54, 1.807) is 42.4 Å². The monoisotopic (exact) mass is 394 g/mol. The Morgan fingerprint density at radius 1 is 1.17 bits per heavy atom. The number of piperidine rings is 1. The van der Waals surface area contributed by atoms with Gasteiger partial charge in [-0.15, -0.1) is 0 Å². The van der Waals surface area contributed by atoms with Gasteiger partial charge in [0.05, 0.1) is 7.11 Å². The topological polar surface area (TPSA) is 78.9 Å². The molecule has 1 heterocycles.